The number of aliphatic hydroxyl groups excluding tert-OH is 1. The summed E-state index contributed by atoms with van der Waals surface area (Å²) in [6, 6.07) is 0.288. The molecule has 1 aromatic heterocycles. The van der Waals surface area contributed by atoms with E-state index < -0.39 is 0 Å². The molecule has 1 saturated heterocycles. The molecule has 0 bridgehead atoms. The number of amides is 1. The number of nitrogens with zero attached hydrogens (tertiary/aromatic N) is 3. The number of piperidine rings is 1. The second-order valence-corrected chi connectivity index (χ2v) is 6.29. The lowest BCUT2D eigenvalue weighted by Crippen LogP contribution is -2.46. The SMILES string of the molecule is Cc1nn(C)c(C)c1CCC(=O)N1CC(CO)CCC1C. The van der Waals surface area contributed by atoms with Gasteiger partial charge < -0.3 is 10.0 Å². The van der Waals surface area contributed by atoms with Crippen LogP contribution < -0.4 is 0 Å². The third kappa shape index (κ3) is 3.46. The molecule has 2 rings (SSSR count). The minimum Gasteiger partial charge on any atom is -0.396 e. The van der Waals surface area contributed by atoms with E-state index in [1.165, 1.54) is 5.56 Å². The van der Waals surface area contributed by atoms with Gasteiger partial charge in [0.15, 0.2) is 0 Å². The van der Waals surface area contributed by atoms with E-state index in [4.69, 9.17) is 0 Å². The molecule has 0 saturated carbocycles. The number of carbonyl (C=O) groups is 1. The predicted octanol–water partition coefficient (Wildman–Crippen LogP) is 1.59. The van der Waals surface area contributed by atoms with Gasteiger partial charge >= 0.3 is 0 Å². The van der Waals surface area contributed by atoms with Crippen molar-refractivity contribution in [1.82, 2.24) is 14.7 Å². The Kier molecular flexibility index (Phi) is 5.04. The number of hydrogen-bond acceptors (Lipinski definition) is 3. The molecule has 1 N–H and O–H groups in total. The van der Waals surface area contributed by atoms with Crippen molar-refractivity contribution in [3.05, 3.63) is 17.0 Å². The summed E-state index contributed by atoms with van der Waals surface area (Å²) < 4.78 is 1.88. The van der Waals surface area contributed by atoms with Crippen molar-refractivity contribution in [1.29, 1.82) is 0 Å². The summed E-state index contributed by atoms with van der Waals surface area (Å²) in [5.41, 5.74) is 3.34. The number of rotatable bonds is 4. The van der Waals surface area contributed by atoms with Crippen molar-refractivity contribution in [2.24, 2.45) is 13.0 Å². The Morgan fingerprint density at radius 1 is 1.38 bits per heavy atom. The summed E-state index contributed by atoms with van der Waals surface area (Å²) in [6.07, 6.45) is 3.28. The van der Waals surface area contributed by atoms with Crippen LogP contribution in [-0.4, -0.2) is 44.9 Å². The third-order valence-electron chi connectivity index (χ3n) is 4.81. The van der Waals surface area contributed by atoms with Crippen LogP contribution in [0.3, 0.4) is 0 Å². The first-order valence-corrected chi connectivity index (χ1v) is 7.83. The topological polar surface area (TPSA) is 58.4 Å². The number of aromatic nitrogens is 2. The summed E-state index contributed by atoms with van der Waals surface area (Å²) >= 11 is 0. The van der Waals surface area contributed by atoms with Crippen LogP contribution >= 0.6 is 0 Å². The lowest BCUT2D eigenvalue weighted by Gasteiger charge is -2.37. The summed E-state index contributed by atoms with van der Waals surface area (Å²) in [6.45, 7) is 7.02. The van der Waals surface area contributed by atoms with Gasteiger partial charge in [0.05, 0.1) is 5.69 Å². The Balaban J connectivity index is 1.97. The van der Waals surface area contributed by atoms with E-state index in [9.17, 15) is 9.90 Å². The molecule has 2 atom stereocenters. The average Bonchev–Trinajstić information content (AvgIpc) is 2.70. The van der Waals surface area contributed by atoms with Crippen LogP contribution in [0.25, 0.3) is 0 Å². The van der Waals surface area contributed by atoms with E-state index in [1.807, 2.05) is 30.5 Å². The zero-order valence-electron chi connectivity index (χ0n) is 13.6. The van der Waals surface area contributed by atoms with Crippen molar-refractivity contribution >= 4 is 5.91 Å². The number of aryl methyl sites for hydroxylation is 2. The van der Waals surface area contributed by atoms with Gasteiger partial charge in [0, 0.05) is 38.4 Å². The first-order chi connectivity index (χ1) is 9.93. The molecule has 2 heterocycles. The molecule has 5 nitrogen and oxygen atoms in total. The summed E-state index contributed by atoms with van der Waals surface area (Å²) in [5.74, 6) is 0.440. The maximum atomic E-state index is 12.5. The van der Waals surface area contributed by atoms with Gasteiger partial charge in [-0.15, -0.1) is 0 Å². The number of likely N-dealkylation sites (tertiary alicyclic amines) is 1. The van der Waals surface area contributed by atoms with Crippen molar-refractivity contribution in [3.8, 4) is 0 Å². The van der Waals surface area contributed by atoms with Gasteiger partial charge in [0.1, 0.15) is 0 Å². The number of carbonyl (C=O) groups excluding carboxylic acids is 1. The van der Waals surface area contributed by atoms with Gasteiger partial charge in [-0.3, -0.25) is 9.48 Å². The van der Waals surface area contributed by atoms with Crippen LogP contribution in [-0.2, 0) is 18.3 Å². The maximum absolute atomic E-state index is 12.5. The highest BCUT2D eigenvalue weighted by Crippen LogP contribution is 2.23. The van der Waals surface area contributed by atoms with Crippen molar-refractivity contribution < 1.29 is 9.90 Å². The molecule has 1 fully saturated rings. The standard InChI is InChI=1S/C16H27N3O2/c1-11-5-6-14(10-20)9-19(11)16(21)8-7-15-12(2)17-18(4)13(15)3/h11,14,20H,5-10H2,1-4H3. The molecule has 0 radical (unpaired) electrons. The molecule has 118 valence electrons. The average molecular weight is 293 g/mol. The highest BCUT2D eigenvalue weighted by molar-refractivity contribution is 5.77. The van der Waals surface area contributed by atoms with E-state index >= 15 is 0 Å². The van der Waals surface area contributed by atoms with Crippen molar-refractivity contribution in [2.75, 3.05) is 13.2 Å². The highest BCUT2D eigenvalue weighted by Gasteiger charge is 2.28. The first kappa shape index (κ1) is 16.0. The monoisotopic (exact) mass is 293 g/mol. The summed E-state index contributed by atoms with van der Waals surface area (Å²) in [4.78, 5) is 14.4. The number of aliphatic hydroxyl groups is 1. The Labute approximate surface area is 126 Å². The lowest BCUT2D eigenvalue weighted by atomic mass is 9.93. The molecule has 0 spiro atoms. The van der Waals surface area contributed by atoms with Crippen molar-refractivity contribution in [2.45, 2.75) is 52.5 Å². The smallest absolute Gasteiger partial charge is 0.223 e. The highest BCUT2D eigenvalue weighted by atomic mass is 16.3. The van der Waals surface area contributed by atoms with Crippen molar-refractivity contribution in [3.63, 3.8) is 0 Å². The Morgan fingerprint density at radius 3 is 2.67 bits per heavy atom. The molecule has 0 aliphatic carbocycles. The van der Waals surface area contributed by atoms with Gasteiger partial charge in [0.2, 0.25) is 5.91 Å². The molecule has 2 unspecified atom stereocenters. The minimum atomic E-state index is 0.178. The van der Waals surface area contributed by atoms with Crippen LogP contribution in [0.15, 0.2) is 0 Å². The fourth-order valence-corrected chi connectivity index (χ4v) is 3.23. The molecular formula is C16H27N3O2. The maximum Gasteiger partial charge on any atom is 0.223 e. The van der Waals surface area contributed by atoms with Gasteiger partial charge in [-0.25, -0.2) is 0 Å². The Bertz CT molecular complexity index is 510. The molecular weight excluding hydrogens is 266 g/mol. The molecule has 5 heteroatoms. The first-order valence-electron chi connectivity index (χ1n) is 7.83. The van der Waals surface area contributed by atoms with Gasteiger partial charge in [0.25, 0.3) is 0 Å². The van der Waals surface area contributed by atoms with Gasteiger partial charge in [-0.2, -0.15) is 5.10 Å². The van der Waals surface area contributed by atoms with Crippen LogP contribution in [0.5, 0.6) is 0 Å². The van der Waals surface area contributed by atoms with E-state index in [1.54, 1.807) is 0 Å². The fourth-order valence-electron chi connectivity index (χ4n) is 3.23. The van der Waals surface area contributed by atoms with Crippen LogP contribution in [0.4, 0.5) is 0 Å². The number of hydrogen-bond donors (Lipinski definition) is 1. The zero-order valence-corrected chi connectivity index (χ0v) is 13.6. The molecule has 21 heavy (non-hydrogen) atoms. The van der Waals surface area contributed by atoms with E-state index in [2.05, 4.69) is 12.0 Å². The molecule has 0 aromatic carbocycles. The molecule has 1 aromatic rings. The molecule has 1 aliphatic heterocycles. The van der Waals surface area contributed by atoms with E-state index in [-0.39, 0.29) is 24.5 Å². The molecule has 1 aliphatic rings. The third-order valence-corrected chi connectivity index (χ3v) is 4.81. The summed E-state index contributed by atoms with van der Waals surface area (Å²) in [7, 11) is 1.94. The second kappa shape index (κ2) is 6.60. The van der Waals surface area contributed by atoms with Gasteiger partial charge in [-0.05, 0) is 51.5 Å². The van der Waals surface area contributed by atoms with E-state index in [0.717, 1.165) is 30.7 Å². The fraction of sp³-hybridized carbons (Fsp3) is 0.750. The lowest BCUT2D eigenvalue weighted by molar-refractivity contribution is -0.135. The van der Waals surface area contributed by atoms with Crippen LogP contribution in [0, 0.1) is 19.8 Å². The molecule has 1 amide bonds. The Hall–Kier alpha value is -1.36. The van der Waals surface area contributed by atoms with E-state index in [0.29, 0.717) is 13.0 Å². The normalized spacial score (nSPS) is 22.6. The largest absolute Gasteiger partial charge is 0.396 e. The summed E-state index contributed by atoms with van der Waals surface area (Å²) in [5, 5.41) is 13.7. The zero-order chi connectivity index (χ0) is 15.6. The minimum absolute atomic E-state index is 0.178. The predicted molar refractivity (Wildman–Crippen MR) is 82.0 cm³/mol. The van der Waals surface area contributed by atoms with Crippen LogP contribution in [0.1, 0.15) is 43.1 Å². The van der Waals surface area contributed by atoms with Crippen LogP contribution in [0.2, 0.25) is 0 Å². The second-order valence-electron chi connectivity index (χ2n) is 6.29. The Morgan fingerprint density at radius 2 is 2.10 bits per heavy atom. The quantitative estimate of drug-likeness (QED) is 0.917. The van der Waals surface area contributed by atoms with Gasteiger partial charge in [-0.1, -0.05) is 0 Å².